The number of anilines is 3. The van der Waals surface area contributed by atoms with Crippen LogP contribution in [0.5, 0.6) is 0 Å². The highest BCUT2D eigenvalue weighted by atomic mass is 16.4. The van der Waals surface area contributed by atoms with Gasteiger partial charge < -0.3 is 20.6 Å². The zero-order chi connectivity index (χ0) is 16.3. The summed E-state index contributed by atoms with van der Waals surface area (Å²) in [7, 11) is 0. The van der Waals surface area contributed by atoms with Crippen molar-refractivity contribution in [3.8, 4) is 0 Å². The quantitative estimate of drug-likeness (QED) is 0.753. The van der Waals surface area contributed by atoms with Gasteiger partial charge in [-0.3, -0.25) is 0 Å². The van der Waals surface area contributed by atoms with E-state index < -0.39 is 12.0 Å². The first-order valence-corrected chi connectivity index (χ1v) is 7.57. The van der Waals surface area contributed by atoms with Gasteiger partial charge >= 0.3 is 5.97 Å². The standard InChI is InChI=1S/C14H24N6O2/c1-5-15-11-16-12(19-14(2,3)4)18-13(17-11)20-8-6-7-9(20)10(21)22/h9H,5-8H2,1-4H3,(H,21,22)(H2,15,16,17,18,19)/t9-/m1/s1. The van der Waals surface area contributed by atoms with Crippen LogP contribution in [0.3, 0.4) is 0 Å². The third kappa shape index (κ3) is 3.96. The topological polar surface area (TPSA) is 103 Å². The van der Waals surface area contributed by atoms with Crippen LogP contribution in [0.1, 0.15) is 40.5 Å². The van der Waals surface area contributed by atoms with E-state index in [1.165, 1.54) is 0 Å². The second-order valence-electron chi connectivity index (χ2n) is 6.38. The zero-order valence-corrected chi connectivity index (χ0v) is 13.6. The SMILES string of the molecule is CCNc1nc(NC(C)(C)C)nc(N2CCC[C@@H]2C(=O)O)n1. The fraction of sp³-hybridized carbons (Fsp3) is 0.714. The second kappa shape index (κ2) is 6.33. The molecule has 122 valence electrons. The number of hydrogen-bond acceptors (Lipinski definition) is 7. The van der Waals surface area contributed by atoms with Crippen molar-refractivity contribution in [3.05, 3.63) is 0 Å². The minimum atomic E-state index is -0.840. The van der Waals surface area contributed by atoms with Crippen molar-refractivity contribution in [2.24, 2.45) is 0 Å². The predicted octanol–water partition coefficient (Wildman–Crippen LogP) is 1.57. The van der Waals surface area contributed by atoms with Gasteiger partial charge in [-0.2, -0.15) is 15.0 Å². The Hall–Kier alpha value is -2.12. The van der Waals surface area contributed by atoms with Crippen LogP contribution in [0, 0.1) is 0 Å². The summed E-state index contributed by atoms with van der Waals surface area (Å²) in [5.74, 6) is 0.468. The van der Waals surface area contributed by atoms with Gasteiger partial charge in [0.25, 0.3) is 0 Å². The fourth-order valence-electron chi connectivity index (χ4n) is 2.38. The van der Waals surface area contributed by atoms with Gasteiger partial charge in [-0.05, 0) is 40.5 Å². The van der Waals surface area contributed by atoms with E-state index in [1.807, 2.05) is 27.7 Å². The van der Waals surface area contributed by atoms with E-state index >= 15 is 0 Å². The molecule has 1 atom stereocenters. The van der Waals surface area contributed by atoms with E-state index in [9.17, 15) is 9.90 Å². The summed E-state index contributed by atoms with van der Waals surface area (Å²) in [6.07, 6.45) is 1.43. The fourth-order valence-corrected chi connectivity index (χ4v) is 2.38. The number of carbonyl (C=O) groups is 1. The molecule has 2 rings (SSSR count). The van der Waals surface area contributed by atoms with Crippen molar-refractivity contribution >= 4 is 23.8 Å². The Morgan fingerprint density at radius 2 is 2.00 bits per heavy atom. The summed E-state index contributed by atoms with van der Waals surface area (Å²) in [5, 5.41) is 15.6. The van der Waals surface area contributed by atoms with Crippen molar-refractivity contribution in [3.63, 3.8) is 0 Å². The number of aromatic nitrogens is 3. The number of carboxylic acid groups (broad SMARTS) is 1. The molecular formula is C14H24N6O2. The van der Waals surface area contributed by atoms with Crippen LogP contribution in [0.25, 0.3) is 0 Å². The zero-order valence-electron chi connectivity index (χ0n) is 13.6. The van der Waals surface area contributed by atoms with Gasteiger partial charge in [-0.1, -0.05) is 0 Å². The maximum atomic E-state index is 11.4. The van der Waals surface area contributed by atoms with Gasteiger partial charge in [0.2, 0.25) is 17.8 Å². The van der Waals surface area contributed by atoms with E-state index in [2.05, 4.69) is 25.6 Å². The van der Waals surface area contributed by atoms with Crippen molar-refractivity contribution in [1.82, 2.24) is 15.0 Å². The molecule has 3 N–H and O–H groups in total. The van der Waals surface area contributed by atoms with Crippen molar-refractivity contribution in [2.75, 3.05) is 28.6 Å². The Kier molecular flexibility index (Phi) is 4.68. The average Bonchev–Trinajstić information content (AvgIpc) is 2.85. The summed E-state index contributed by atoms with van der Waals surface area (Å²) in [6.45, 7) is 9.32. The maximum absolute atomic E-state index is 11.4. The van der Waals surface area contributed by atoms with Crippen molar-refractivity contribution < 1.29 is 9.90 Å². The molecule has 1 saturated heterocycles. The molecule has 1 fully saturated rings. The normalized spacial score (nSPS) is 18.4. The Balaban J connectivity index is 2.35. The Bertz CT molecular complexity index is 543. The molecule has 22 heavy (non-hydrogen) atoms. The number of nitrogens with one attached hydrogen (secondary N) is 2. The lowest BCUT2D eigenvalue weighted by molar-refractivity contribution is -0.138. The minimum Gasteiger partial charge on any atom is -0.480 e. The third-order valence-corrected chi connectivity index (χ3v) is 3.24. The van der Waals surface area contributed by atoms with Crippen LogP contribution in [0.4, 0.5) is 17.8 Å². The summed E-state index contributed by atoms with van der Waals surface area (Å²) in [5.41, 5.74) is -0.195. The Labute approximate surface area is 130 Å². The molecule has 0 unspecified atom stereocenters. The summed E-state index contributed by atoms with van der Waals surface area (Å²) >= 11 is 0. The molecule has 0 radical (unpaired) electrons. The van der Waals surface area contributed by atoms with E-state index in [1.54, 1.807) is 4.90 Å². The molecule has 1 aliphatic rings. The molecule has 1 aromatic rings. The van der Waals surface area contributed by atoms with E-state index in [4.69, 9.17) is 0 Å². The molecule has 0 aromatic carbocycles. The average molecular weight is 308 g/mol. The van der Waals surface area contributed by atoms with Gasteiger partial charge in [0.05, 0.1) is 0 Å². The lowest BCUT2D eigenvalue weighted by Gasteiger charge is -2.24. The molecule has 0 spiro atoms. The molecule has 0 saturated carbocycles. The van der Waals surface area contributed by atoms with Crippen LogP contribution < -0.4 is 15.5 Å². The summed E-state index contributed by atoms with van der Waals surface area (Å²) < 4.78 is 0. The highest BCUT2D eigenvalue weighted by Crippen LogP contribution is 2.25. The van der Waals surface area contributed by atoms with Crippen molar-refractivity contribution in [2.45, 2.75) is 52.1 Å². The molecule has 8 nitrogen and oxygen atoms in total. The van der Waals surface area contributed by atoms with Gasteiger partial charge in [0.15, 0.2) is 0 Å². The summed E-state index contributed by atoms with van der Waals surface area (Å²) in [6, 6.07) is -0.570. The largest absolute Gasteiger partial charge is 0.480 e. The maximum Gasteiger partial charge on any atom is 0.326 e. The first-order valence-electron chi connectivity index (χ1n) is 7.57. The molecule has 1 aromatic heterocycles. The monoisotopic (exact) mass is 308 g/mol. The Morgan fingerprint density at radius 3 is 2.59 bits per heavy atom. The number of carboxylic acids is 1. The van der Waals surface area contributed by atoms with Gasteiger partial charge in [-0.25, -0.2) is 4.79 Å². The first kappa shape index (κ1) is 16.3. The highest BCUT2D eigenvalue weighted by molar-refractivity contribution is 5.78. The predicted molar refractivity (Wildman–Crippen MR) is 85.4 cm³/mol. The number of nitrogens with zero attached hydrogens (tertiary/aromatic N) is 4. The molecular weight excluding hydrogens is 284 g/mol. The minimum absolute atomic E-state index is 0.195. The van der Waals surface area contributed by atoms with Gasteiger partial charge in [0.1, 0.15) is 6.04 Å². The van der Waals surface area contributed by atoms with Crippen LogP contribution in [0.15, 0.2) is 0 Å². The molecule has 0 bridgehead atoms. The number of hydrogen-bond donors (Lipinski definition) is 3. The van der Waals surface area contributed by atoms with Crippen LogP contribution >= 0.6 is 0 Å². The van der Waals surface area contributed by atoms with Crippen LogP contribution in [-0.2, 0) is 4.79 Å². The van der Waals surface area contributed by atoms with Crippen LogP contribution in [-0.4, -0.2) is 50.7 Å². The van der Waals surface area contributed by atoms with Gasteiger partial charge in [0, 0.05) is 18.6 Å². The van der Waals surface area contributed by atoms with E-state index in [-0.39, 0.29) is 5.54 Å². The number of aliphatic carboxylic acids is 1. The number of rotatable bonds is 5. The smallest absolute Gasteiger partial charge is 0.326 e. The third-order valence-electron chi connectivity index (χ3n) is 3.24. The lowest BCUT2D eigenvalue weighted by Crippen LogP contribution is -2.37. The van der Waals surface area contributed by atoms with Crippen molar-refractivity contribution in [1.29, 1.82) is 0 Å². The molecule has 1 aliphatic heterocycles. The van der Waals surface area contributed by atoms with Crippen LogP contribution in [0.2, 0.25) is 0 Å². The Morgan fingerprint density at radius 1 is 1.32 bits per heavy atom. The second-order valence-corrected chi connectivity index (χ2v) is 6.38. The first-order chi connectivity index (χ1) is 10.3. The lowest BCUT2D eigenvalue weighted by atomic mass is 10.1. The van der Waals surface area contributed by atoms with Gasteiger partial charge in [-0.15, -0.1) is 0 Å². The summed E-state index contributed by atoms with van der Waals surface area (Å²) in [4.78, 5) is 26.2. The molecule has 8 heteroatoms. The van der Waals surface area contributed by atoms with E-state index in [0.717, 1.165) is 6.42 Å². The van der Waals surface area contributed by atoms with E-state index in [0.29, 0.717) is 37.4 Å². The molecule has 0 aliphatic carbocycles. The molecule has 2 heterocycles. The highest BCUT2D eigenvalue weighted by Gasteiger charge is 2.33. The molecule has 0 amide bonds.